The van der Waals surface area contributed by atoms with Gasteiger partial charge in [0, 0.05) is 29.9 Å². The zero-order chi connectivity index (χ0) is 13.3. The van der Waals surface area contributed by atoms with E-state index in [2.05, 4.69) is 80.9 Å². The van der Waals surface area contributed by atoms with Gasteiger partial charge >= 0.3 is 0 Å². The molecule has 0 atom stereocenters. The van der Waals surface area contributed by atoms with Gasteiger partial charge < -0.3 is 4.90 Å². The molecule has 0 saturated carbocycles. The van der Waals surface area contributed by atoms with E-state index in [9.17, 15) is 0 Å². The van der Waals surface area contributed by atoms with Gasteiger partial charge in [-0.2, -0.15) is 0 Å². The van der Waals surface area contributed by atoms with Crippen LogP contribution in [0.25, 0.3) is 0 Å². The molecule has 2 heteroatoms. The van der Waals surface area contributed by atoms with Crippen LogP contribution in [0.5, 0.6) is 0 Å². The standard InChI is InChI=1S/C16H23N2/c1-6-17(4)12-11-15-16(2,3)13-9-7-8-10-14(13)18(15)5/h7-12H,6H2,1-5H3/q+1. The van der Waals surface area contributed by atoms with Crippen molar-refractivity contribution in [2.45, 2.75) is 26.2 Å². The predicted molar refractivity (Wildman–Crippen MR) is 78.7 cm³/mol. The maximum atomic E-state index is 2.30. The van der Waals surface area contributed by atoms with Gasteiger partial charge in [0.15, 0.2) is 6.21 Å². The van der Waals surface area contributed by atoms with Gasteiger partial charge in [0.1, 0.15) is 13.6 Å². The molecule has 96 valence electrons. The SMILES string of the molecule is CC[N+](C)=CC=C1N(C)c2ccccc2C1(C)C. The fourth-order valence-corrected chi connectivity index (χ4v) is 2.61. The summed E-state index contributed by atoms with van der Waals surface area (Å²) in [5.74, 6) is 0. The Labute approximate surface area is 110 Å². The summed E-state index contributed by atoms with van der Waals surface area (Å²) >= 11 is 0. The lowest BCUT2D eigenvalue weighted by Gasteiger charge is -2.23. The minimum Gasteiger partial charge on any atom is -0.347 e. The van der Waals surface area contributed by atoms with Gasteiger partial charge in [0.25, 0.3) is 0 Å². The summed E-state index contributed by atoms with van der Waals surface area (Å²) in [6.45, 7) is 7.77. The van der Waals surface area contributed by atoms with Crippen molar-refractivity contribution in [2.24, 2.45) is 0 Å². The highest BCUT2D eigenvalue weighted by Gasteiger charge is 2.37. The highest BCUT2D eigenvalue weighted by atomic mass is 15.2. The Morgan fingerprint density at radius 1 is 1.28 bits per heavy atom. The number of nitrogens with zero attached hydrogens (tertiary/aromatic N) is 2. The minimum absolute atomic E-state index is 0.0798. The molecular formula is C16H23N2+. The molecule has 0 N–H and O–H groups in total. The molecule has 0 bridgehead atoms. The van der Waals surface area contributed by atoms with Crippen molar-refractivity contribution in [2.75, 3.05) is 25.5 Å². The first-order valence-corrected chi connectivity index (χ1v) is 6.57. The number of hydrogen-bond acceptors (Lipinski definition) is 1. The summed E-state index contributed by atoms with van der Waals surface area (Å²) in [4.78, 5) is 2.30. The number of allylic oxidation sites excluding steroid dienone is 2. The van der Waals surface area contributed by atoms with Crippen LogP contribution < -0.4 is 4.90 Å². The third-order valence-corrected chi connectivity index (χ3v) is 3.93. The molecule has 0 amide bonds. The smallest absolute Gasteiger partial charge is 0.164 e. The zero-order valence-electron chi connectivity index (χ0n) is 12.1. The van der Waals surface area contributed by atoms with Crippen LogP contribution in [0.1, 0.15) is 26.3 Å². The summed E-state index contributed by atoms with van der Waals surface area (Å²) in [5.41, 5.74) is 4.16. The van der Waals surface area contributed by atoms with Crippen molar-refractivity contribution in [3.63, 3.8) is 0 Å². The summed E-state index contributed by atoms with van der Waals surface area (Å²) < 4.78 is 2.19. The van der Waals surface area contributed by atoms with Crippen molar-refractivity contribution < 1.29 is 4.58 Å². The van der Waals surface area contributed by atoms with Gasteiger partial charge in [-0.25, -0.2) is 4.58 Å². The molecule has 0 saturated heterocycles. The summed E-state index contributed by atoms with van der Waals surface area (Å²) in [6.07, 6.45) is 4.41. The first-order chi connectivity index (χ1) is 8.48. The average Bonchev–Trinajstić information content (AvgIpc) is 2.56. The van der Waals surface area contributed by atoms with Gasteiger partial charge in [-0.3, -0.25) is 0 Å². The quantitative estimate of drug-likeness (QED) is 0.571. The molecule has 1 aliphatic rings. The molecule has 0 spiro atoms. The molecule has 0 radical (unpaired) electrons. The normalized spacial score (nSPS) is 20.4. The predicted octanol–water partition coefficient (Wildman–Crippen LogP) is 3.03. The van der Waals surface area contributed by atoms with Gasteiger partial charge in [-0.05, 0) is 18.6 Å². The Kier molecular flexibility index (Phi) is 3.29. The molecular weight excluding hydrogens is 220 g/mol. The highest BCUT2D eigenvalue weighted by Crippen LogP contribution is 2.46. The monoisotopic (exact) mass is 243 g/mol. The van der Waals surface area contributed by atoms with E-state index in [1.165, 1.54) is 16.9 Å². The van der Waals surface area contributed by atoms with Crippen LogP contribution in [0, 0.1) is 0 Å². The van der Waals surface area contributed by atoms with Crippen molar-refractivity contribution in [1.29, 1.82) is 0 Å². The van der Waals surface area contributed by atoms with Gasteiger partial charge in [0.05, 0.1) is 0 Å². The lowest BCUT2D eigenvalue weighted by atomic mass is 9.84. The molecule has 1 aromatic carbocycles. The molecule has 18 heavy (non-hydrogen) atoms. The third kappa shape index (κ3) is 1.96. The van der Waals surface area contributed by atoms with Crippen molar-refractivity contribution in [1.82, 2.24) is 0 Å². The van der Waals surface area contributed by atoms with E-state index in [0.29, 0.717) is 0 Å². The molecule has 0 unspecified atom stereocenters. The molecule has 1 heterocycles. The van der Waals surface area contributed by atoms with Gasteiger partial charge in [0.2, 0.25) is 0 Å². The Morgan fingerprint density at radius 3 is 2.56 bits per heavy atom. The van der Waals surface area contributed by atoms with Crippen molar-refractivity contribution in [3.05, 3.63) is 41.6 Å². The lowest BCUT2D eigenvalue weighted by Crippen LogP contribution is -2.23. The first-order valence-electron chi connectivity index (χ1n) is 6.57. The fourth-order valence-electron chi connectivity index (χ4n) is 2.61. The number of fused-ring (bicyclic) bond motifs is 1. The summed E-state index contributed by atoms with van der Waals surface area (Å²) in [6, 6.07) is 8.66. The highest BCUT2D eigenvalue weighted by molar-refractivity contribution is 5.77. The maximum absolute atomic E-state index is 2.30. The van der Waals surface area contributed by atoms with Crippen LogP contribution in [0.4, 0.5) is 5.69 Å². The van der Waals surface area contributed by atoms with E-state index in [4.69, 9.17) is 0 Å². The largest absolute Gasteiger partial charge is 0.347 e. The fraction of sp³-hybridized carbons (Fsp3) is 0.438. The van der Waals surface area contributed by atoms with Crippen LogP contribution in [-0.4, -0.2) is 31.4 Å². The number of para-hydroxylation sites is 1. The molecule has 0 fully saturated rings. The van der Waals surface area contributed by atoms with Crippen molar-refractivity contribution in [3.8, 4) is 0 Å². The van der Waals surface area contributed by atoms with Crippen LogP contribution in [0.3, 0.4) is 0 Å². The molecule has 1 aromatic rings. The summed E-state index contributed by atoms with van der Waals surface area (Å²) in [7, 11) is 4.26. The van der Waals surface area contributed by atoms with E-state index in [1.807, 2.05) is 0 Å². The number of hydrogen-bond donors (Lipinski definition) is 0. The summed E-state index contributed by atoms with van der Waals surface area (Å²) in [5, 5.41) is 0. The second kappa shape index (κ2) is 4.60. The van der Waals surface area contributed by atoms with E-state index in [1.54, 1.807) is 0 Å². The second-order valence-electron chi connectivity index (χ2n) is 5.48. The third-order valence-electron chi connectivity index (χ3n) is 3.93. The molecule has 0 aromatic heterocycles. The van der Waals surface area contributed by atoms with Gasteiger partial charge in [-0.15, -0.1) is 0 Å². The van der Waals surface area contributed by atoms with Crippen LogP contribution in [-0.2, 0) is 5.41 Å². The Balaban J connectivity index is 2.48. The van der Waals surface area contributed by atoms with Gasteiger partial charge in [-0.1, -0.05) is 32.0 Å². The minimum atomic E-state index is 0.0798. The Bertz CT molecular complexity index is 510. The van der Waals surface area contributed by atoms with E-state index < -0.39 is 0 Å². The second-order valence-corrected chi connectivity index (χ2v) is 5.48. The van der Waals surface area contributed by atoms with Crippen molar-refractivity contribution >= 4 is 11.9 Å². The first kappa shape index (κ1) is 12.9. The molecule has 2 rings (SSSR count). The number of likely N-dealkylation sites (N-methyl/N-ethyl adjacent to an activating group) is 1. The Hall–Kier alpha value is -1.57. The molecule has 2 nitrogen and oxygen atoms in total. The average molecular weight is 243 g/mol. The van der Waals surface area contributed by atoms with E-state index in [-0.39, 0.29) is 5.41 Å². The number of anilines is 1. The maximum Gasteiger partial charge on any atom is 0.164 e. The zero-order valence-corrected chi connectivity index (χ0v) is 12.1. The van der Waals surface area contributed by atoms with Crippen LogP contribution in [0.2, 0.25) is 0 Å². The van der Waals surface area contributed by atoms with E-state index in [0.717, 1.165) is 6.54 Å². The topological polar surface area (TPSA) is 6.25 Å². The molecule has 1 aliphatic heterocycles. The number of benzene rings is 1. The van der Waals surface area contributed by atoms with Crippen LogP contribution >= 0.6 is 0 Å². The lowest BCUT2D eigenvalue weighted by molar-refractivity contribution is -0.487. The van der Waals surface area contributed by atoms with Crippen LogP contribution in [0.15, 0.2) is 36.0 Å². The number of rotatable bonds is 2. The van der Waals surface area contributed by atoms with E-state index >= 15 is 0 Å². The Morgan fingerprint density at radius 2 is 1.94 bits per heavy atom. The molecule has 0 aliphatic carbocycles.